The van der Waals surface area contributed by atoms with E-state index in [4.69, 9.17) is 0 Å². The first kappa shape index (κ1) is 18.0. The number of hydrogen-bond donors (Lipinski definition) is 0. The summed E-state index contributed by atoms with van der Waals surface area (Å²) < 4.78 is 0. The lowest BCUT2D eigenvalue weighted by atomic mass is 9.91. The zero-order valence-electron chi connectivity index (χ0n) is 15.6. The predicted octanol–water partition coefficient (Wildman–Crippen LogP) is 3.59. The molecular weight excluding hydrogens is 284 g/mol. The van der Waals surface area contributed by atoms with Crippen LogP contribution in [0.3, 0.4) is 0 Å². The molecule has 1 fully saturated rings. The third-order valence-electron chi connectivity index (χ3n) is 4.65. The van der Waals surface area contributed by atoms with Gasteiger partial charge in [0.2, 0.25) is 5.91 Å². The molecule has 128 valence electrons. The smallest absolute Gasteiger partial charge is 0.228 e. The molecular formula is C20H32N2O. The third-order valence-corrected chi connectivity index (χ3v) is 4.65. The molecule has 23 heavy (non-hydrogen) atoms. The summed E-state index contributed by atoms with van der Waals surface area (Å²) in [7, 11) is 0. The van der Waals surface area contributed by atoms with Crippen LogP contribution >= 0.6 is 0 Å². The summed E-state index contributed by atoms with van der Waals surface area (Å²) >= 11 is 0. The fourth-order valence-electron chi connectivity index (χ4n) is 3.22. The van der Waals surface area contributed by atoms with E-state index in [9.17, 15) is 4.79 Å². The SMILES string of the molecule is CC(C)(C)C(=O)N1CCN(C(C)(C)C)CC1Cc1ccccc1. The molecule has 3 heteroatoms. The Hall–Kier alpha value is -1.35. The highest BCUT2D eigenvalue weighted by Gasteiger charge is 2.38. The first-order chi connectivity index (χ1) is 10.6. The van der Waals surface area contributed by atoms with Crippen molar-refractivity contribution in [3.8, 4) is 0 Å². The van der Waals surface area contributed by atoms with Crippen LogP contribution in [0, 0.1) is 5.41 Å². The van der Waals surface area contributed by atoms with E-state index in [0.29, 0.717) is 0 Å². The largest absolute Gasteiger partial charge is 0.336 e. The van der Waals surface area contributed by atoms with Gasteiger partial charge in [-0.2, -0.15) is 0 Å². The predicted molar refractivity (Wildman–Crippen MR) is 96.4 cm³/mol. The van der Waals surface area contributed by atoms with Gasteiger partial charge in [-0.15, -0.1) is 0 Å². The van der Waals surface area contributed by atoms with Crippen LogP contribution in [0.5, 0.6) is 0 Å². The summed E-state index contributed by atoms with van der Waals surface area (Å²) in [5.41, 5.74) is 1.13. The summed E-state index contributed by atoms with van der Waals surface area (Å²) in [6.07, 6.45) is 0.926. The van der Waals surface area contributed by atoms with Gasteiger partial charge in [0.15, 0.2) is 0 Å². The first-order valence-corrected chi connectivity index (χ1v) is 8.69. The van der Waals surface area contributed by atoms with E-state index in [1.54, 1.807) is 0 Å². The Bertz CT molecular complexity index is 525. The molecule has 1 aliphatic heterocycles. The fraction of sp³-hybridized carbons (Fsp3) is 0.650. The van der Waals surface area contributed by atoms with Crippen molar-refractivity contribution in [3.63, 3.8) is 0 Å². The molecule has 1 amide bonds. The van der Waals surface area contributed by atoms with Crippen LogP contribution in [0.25, 0.3) is 0 Å². The number of carbonyl (C=O) groups excluding carboxylic acids is 1. The van der Waals surface area contributed by atoms with E-state index < -0.39 is 0 Å². The molecule has 0 bridgehead atoms. The fourth-order valence-corrected chi connectivity index (χ4v) is 3.22. The van der Waals surface area contributed by atoms with Crippen molar-refractivity contribution in [2.45, 2.75) is 59.5 Å². The quantitative estimate of drug-likeness (QED) is 0.832. The van der Waals surface area contributed by atoms with Crippen LogP contribution in [0.4, 0.5) is 0 Å². The van der Waals surface area contributed by atoms with Gasteiger partial charge in [-0.3, -0.25) is 9.69 Å². The minimum absolute atomic E-state index is 0.145. The average Bonchev–Trinajstić information content (AvgIpc) is 2.45. The number of rotatable bonds is 2. The van der Waals surface area contributed by atoms with Gasteiger partial charge in [0.1, 0.15) is 0 Å². The number of hydrogen-bond acceptors (Lipinski definition) is 2. The highest BCUT2D eigenvalue weighted by atomic mass is 16.2. The first-order valence-electron chi connectivity index (χ1n) is 8.69. The third kappa shape index (κ3) is 4.57. The summed E-state index contributed by atoms with van der Waals surface area (Å²) in [5, 5.41) is 0. The molecule has 0 aromatic heterocycles. The van der Waals surface area contributed by atoms with E-state index in [-0.39, 0.29) is 22.9 Å². The van der Waals surface area contributed by atoms with Gasteiger partial charge >= 0.3 is 0 Å². The van der Waals surface area contributed by atoms with Gasteiger partial charge in [0.25, 0.3) is 0 Å². The second kappa shape index (κ2) is 6.64. The Balaban J connectivity index is 2.22. The summed E-state index contributed by atoms with van der Waals surface area (Å²) in [4.78, 5) is 17.5. The van der Waals surface area contributed by atoms with Gasteiger partial charge in [0.05, 0.1) is 0 Å². The van der Waals surface area contributed by atoms with Crippen LogP contribution in [0.2, 0.25) is 0 Å². The van der Waals surface area contributed by atoms with Gasteiger partial charge in [-0.05, 0) is 32.8 Å². The van der Waals surface area contributed by atoms with E-state index in [0.717, 1.165) is 26.1 Å². The van der Waals surface area contributed by atoms with Crippen molar-refractivity contribution in [1.29, 1.82) is 0 Å². The summed E-state index contributed by atoms with van der Waals surface area (Å²) in [5.74, 6) is 0.270. The molecule has 3 nitrogen and oxygen atoms in total. The number of nitrogens with zero attached hydrogens (tertiary/aromatic N) is 2. The number of carbonyl (C=O) groups is 1. The maximum Gasteiger partial charge on any atom is 0.228 e. The van der Waals surface area contributed by atoms with Gasteiger partial charge in [-0.25, -0.2) is 0 Å². The highest BCUT2D eigenvalue weighted by molar-refractivity contribution is 5.82. The van der Waals surface area contributed by atoms with Crippen LogP contribution in [-0.4, -0.2) is 46.9 Å². The molecule has 0 saturated carbocycles. The monoisotopic (exact) mass is 316 g/mol. The lowest BCUT2D eigenvalue weighted by Gasteiger charge is -2.48. The number of amides is 1. The molecule has 1 saturated heterocycles. The maximum absolute atomic E-state index is 12.9. The lowest BCUT2D eigenvalue weighted by molar-refractivity contribution is -0.145. The summed E-state index contributed by atoms with van der Waals surface area (Å²) in [6.45, 7) is 15.6. The second-order valence-electron chi connectivity index (χ2n) is 8.71. The van der Waals surface area contributed by atoms with E-state index in [1.165, 1.54) is 5.56 Å². The maximum atomic E-state index is 12.9. The standard InChI is InChI=1S/C20H32N2O/c1-19(2,3)18(23)22-13-12-21(20(4,5)6)15-17(22)14-16-10-8-7-9-11-16/h7-11,17H,12-15H2,1-6H3. The molecule has 0 radical (unpaired) electrons. The van der Waals surface area contributed by atoms with Gasteiger partial charge in [-0.1, -0.05) is 51.1 Å². The molecule has 1 atom stereocenters. The Morgan fingerprint density at radius 3 is 2.17 bits per heavy atom. The van der Waals surface area contributed by atoms with E-state index >= 15 is 0 Å². The van der Waals surface area contributed by atoms with Crippen molar-refractivity contribution >= 4 is 5.91 Å². The lowest BCUT2D eigenvalue weighted by Crippen LogP contribution is -2.61. The molecule has 1 aliphatic rings. The van der Waals surface area contributed by atoms with Crippen LogP contribution in [-0.2, 0) is 11.2 Å². The van der Waals surface area contributed by atoms with Crippen molar-refractivity contribution in [3.05, 3.63) is 35.9 Å². The Morgan fingerprint density at radius 2 is 1.65 bits per heavy atom. The van der Waals surface area contributed by atoms with Crippen molar-refractivity contribution < 1.29 is 4.79 Å². The van der Waals surface area contributed by atoms with Crippen molar-refractivity contribution in [2.24, 2.45) is 5.41 Å². The molecule has 0 N–H and O–H groups in total. The van der Waals surface area contributed by atoms with Crippen LogP contribution in [0.15, 0.2) is 30.3 Å². The van der Waals surface area contributed by atoms with Gasteiger partial charge in [0, 0.05) is 36.6 Å². The zero-order valence-corrected chi connectivity index (χ0v) is 15.6. The van der Waals surface area contributed by atoms with Crippen molar-refractivity contribution in [1.82, 2.24) is 9.80 Å². The minimum atomic E-state index is -0.321. The molecule has 1 heterocycles. The van der Waals surface area contributed by atoms with E-state index in [1.807, 2.05) is 26.8 Å². The highest BCUT2D eigenvalue weighted by Crippen LogP contribution is 2.26. The topological polar surface area (TPSA) is 23.6 Å². The second-order valence-corrected chi connectivity index (χ2v) is 8.71. The normalized spacial score (nSPS) is 20.6. The molecule has 1 aromatic carbocycles. The molecule has 2 rings (SSSR count). The molecule has 0 aliphatic carbocycles. The summed E-state index contributed by atoms with van der Waals surface area (Å²) in [6, 6.07) is 10.8. The Labute approximate surface area is 141 Å². The van der Waals surface area contributed by atoms with Gasteiger partial charge < -0.3 is 4.90 Å². The van der Waals surface area contributed by atoms with Crippen molar-refractivity contribution in [2.75, 3.05) is 19.6 Å². The number of benzene rings is 1. The Morgan fingerprint density at radius 1 is 1.04 bits per heavy atom. The molecule has 0 spiro atoms. The molecule has 1 aromatic rings. The van der Waals surface area contributed by atoms with Crippen LogP contribution in [0.1, 0.15) is 47.1 Å². The number of piperazine rings is 1. The van der Waals surface area contributed by atoms with E-state index in [2.05, 4.69) is 54.8 Å². The Kier molecular flexibility index (Phi) is 5.20. The van der Waals surface area contributed by atoms with Crippen LogP contribution < -0.4 is 0 Å². The molecule has 1 unspecified atom stereocenters. The minimum Gasteiger partial charge on any atom is -0.336 e. The zero-order chi connectivity index (χ0) is 17.3. The average molecular weight is 316 g/mol.